The van der Waals surface area contributed by atoms with Gasteiger partial charge in [0.05, 0.1) is 0 Å². The molecule has 41 heavy (non-hydrogen) atoms. The van der Waals surface area contributed by atoms with Gasteiger partial charge in [-0.1, -0.05) is 123 Å². The molecule has 0 radical (unpaired) electrons. The van der Waals surface area contributed by atoms with Gasteiger partial charge in [0.25, 0.3) is 0 Å². The lowest BCUT2D eigenvalue weighted by Crippen LogP contribution is -2.25. The second-order valence-electron chi connectivity index (χ2n) is 9.67. The molecule has 0 aliphatic carbocycles. The third kappa shape index (κ3) is 5.32. The summed E-state index contributed by atoms with van der Waals surface area (Å²) in [6.45, 7) is 4.07. The molecule has 8 nitrogen and oxygen atoms in total. The number of rotatable bonds is 10. The van der Waals surface area contributed by atoms with Gasteiger partial charge in [0.1, 0.15) is 0 Å². The van der Waals surface area contributed by atoms with Crippen molar-refractivity contribution in [1.82, 2.24) is 0 Å². The second-order valence-corrected chi connectivity index (χ2v) is 9.67. The van der Waals surface area contributed by atoms with Gasteiger partial charge >= 0.3 is 0 Å². The number of carbonyl (C=O) groups excluding carboxylic acids is 4. The fourth-order valence-corrected chi connectivity index (χ4v) is 4.91. The highest BCUT2D eigenvalue weighted by Crippen LogP contribution is 2.39. The molecule has 0 aromatic heterocycles. The molecule has 0 unspecified atom stereocenters. The van der Waals surface area contributed by atoms with Crippen molar-refractivity contribution in [2.75, 3.05) is 0 Å². The molecule has 4 aromatic rings. The largest absolute Gasteiger partial charge is 0.238 e. The van der Waals surface area contributed by atoms with Gasteiger partial charge in [-0.05, 0) is 11.1 Å². The topological polar surface area (TPSA) is 118 Å². The predicted octanol–water partition coefficient (Wildman–Crippen LogP) is 5.76. The first kappa shape index (κ1) is 28.4. The number of hydrogen-bond donors (Lipinski definition) is 0. The maximum absolute atomic E-state index is 11.4. The van der Waals surface area contributed by atoms with Gasteiger partial charge in [-0.3, -0.25) is 0 Å². The minimum atomic E-state index is -1.60. The van der Waals surface area contributed by atoms with Crippen LogP contribution in [-0.2, 0) is 35.9 Å². The fraction of sp³-hybridized carbons (Fsp3) is 0.152. The van der Waals surface area contributed by atoms with Gasteiger partial charge < -0.3 is 0 Å². The van der Waals surface area contributed by atoms with Crippen LogP contribution in [-0.4, -0.2) is 24.3 Å². The Hall–Kier alpha value is -5.60. The van der Waals surface area contributed by atoms with Crippen LogP contribution in [0.15, 0.2) is 129 Å². The van der Waals surface area contributed by atoms with Crippen molar-refractivity contribution in [2.24, 2.45) is 20.0 Å². The summed E-state index contributed by atoms with van der Waals surface area (Å²) in [5, 5.41) is 0. The van der Waals surface area contributed by atoms with Gasteiger partial charge in [0.15, 0.2) is 0 Å². The van der Waals surface area contributed by atoms with Gasteiger partial charge in [-0.15, -0.1) is 0 Å². The summed E-state index contributed by atoms with van der Waals surface area (Å²) in [6.07, 6.45) is 6.19. The van der Waals surface area contributed by atoms with Crippen LogP contribution >= 0.6 is 0 Å². The van der Waals surface area contributed by atoms with Crippen molar-refractivity contribution in [1.29, 1.82) is 0 Å². The van der Waals surface area contributed by atoms with E-state index in [1.165, 1.54) is 0 Å². The lowest BCUT2D eigenvalue weighted by molar-refractivity contribution is 0.515. The molecule has 8 heteroatoms. The van der Waals surface area contributed by atoms with E-state index in [2.05, 4.69) is 20.0 Å². The Morgan fingerprint density at radius 1 is 0.390 bits per heavy atom. The maximum Gasteiger partial charge on any atom is 0.238 e. The van der Waals surface area contributed by atoms with Crippen LogP contribution in [0.25, 0.3) is 0 Å². The lowest BCUT2D eigenvalue weighted by atomic mass is 9.76. The third-order valence-electron chi connectivity index (χ3n) is 7.20. The molecule has 200 valence electrons. The Balaban J connectivity index is 1.75. The Morgan fingerprint density at radius 2 is 0.634 bits per heavy atom. The first-order chi connectivity index (χ1) is 19.9. The highest BCUT2D eigenvalue weighted by molar-refractivity contribution is 5.52. The molecule has 0 aliphatic rings. The van der Waals surface area contributed by atoms with Crippen molar-refractivity contribution >= 4 is 24.3 Å². The van der Waals surface area contributed by atoms with Gasteiger partial charge in [-0.2, -0.15) is 20.0 Å². The van der Waals surface area contributed by atoms with E-state index in [-0.39, 0.29) is 0 Å². The molecule has 0 aliphatic heterocycles. The third-order valence-corrected chi connectivity index (χ3v) is 7.20. The average molecular weight is 541 g/mol. The van der Waals surface area contributed by atoms with Crippen LogP contribution in [0.3, 0.4) is 0 Å². The van der Waals surface area contributed by atoms with E-state index in [1.807, 2.05) is 38.1 Å². The van der Waals surface area contributed by atoms with E-state index >= 15 is 0 Å². The molecular formula is C33H24N4O4. The summed E-state index contributed by atoms with van der Waals surface area (Å²) >= 11 is 0. The number of benzene rings is 4. The first-order valence-corrected chi connectivity index (χ1v) is 12.6. The molecule has 0 saturated carbocycles. The number of aliphatic imine (C=N–C) groups is 4. The van der Waals surface area contributed by atoms with Crippen molar-refractivity contribution < 1.29 is 19.2 Å². The van der Waals surface area contributed by atoms with Crippen molar-refractivity contribution in [3.8, 4) is 0 Å². The van der Waals surface area contributed by atoms with Crippen LogP contribution in [0.4, 0.5) is 0 Å². The quantitative estimate of drug-likeness (QED) is 0.188. The van der Waals surface area contributed by atoms with Gasteiger partial charge in [-0.25, -0.2) is 19.2 Å². The van der Waals surface area contributed by atoms with E-state index < -0.39 is 16.7 Å². The van der Waals surface area contributed by atoms with Gasteiger partial charge in [0.2, 0.25) is 35.6 Å². The van der Waals surface area contributed by atoms with Crippen LogP contribution in [0, 0.1) is 0 Å². The summed E-state index contributed by atoms with van der Waals surface area (Å²) in [5.41, 5.74) is 0.167. The molecule has 0 saturated heterocycles. The first-order valence-electron chi connectivity index (χ1n) is 12.6. The van der Waals surface area contributed by atoms with Crippen LogP contribution in [0.2, 0.25) is 0 Å². The molecule has 0 fully saturated rings. The summed E-state index contributed by atoms with van der Waals surface area (Å²) in [7, 11) is 0. The average Bonchev–Trinajstić information content (AvgIpc) is 3.02. The van der Waals surface area contributed by atoms with E-state index in [0.717, 1.165) is 11.1 Å². The van der Waals surface area contributed by atoms with Gasteiger partial charge in [0, 0.05) is 27.7 Å². The standard InChI is InChI=1S/C33H24N4O4/c1-31(2,25-13-17-29(18-14-25)32(34-21-38,35-22-39)27-9-5-3-6-10-27)26-15-19-30(20-16-26)33(36-23-40,37-24-41)28-11-7-4-8-12-28/h3-20H,1-2H3. The molecule has 4 rings (SSSR count). The highest BCUT2D eigenvalue weighted by atomic mass is 16.1. The predicted molar refractivity (Wildman–Crippen MR) is 152 cm³/mol. The van der Waals surface area contributed by atoms with E-state index in [9.17, 15) is 19.2 Å². The Morgan fingerprint density at radius 3 is 0.902 bits per heavy atom. The molecule has 0 atom stereocenters. The normalized spacial score (nSPS) is 13.5. The minimum Gasteiger partial charge on any atom is -0.211 e. The zero-order chi connectivity index (χ0) is 29.3. The van der Waals surface area contributed by atoms with Crippen molar-refractivity contribution in [3.63, 3.8) is 0 Å². The Kier molecular flexibility index (Phi) is 8.36. The Labute approximate surface area is 236 Å². The van der Waals surface area contributed by atoms with Crippen LogP contribution in [0.1, 0.15) is 47.2 Å². The monoisotopic (exact) mass is 540 g/mol. The molecule has 0 bridgehead atoms. The zero-order valence-corrected chi connectivity index (χ0v) is 22.3. The maximum atomic E-state index is 11.4. The Bertz CT molecular complexity index is 1540. The zero-order valence-electron chi connectivity index (χ0n) is 22.3. The summed E-state index contributed by atoms with van der Waals surface area (Å²) in [6, 6.07) is 32.1. The summed E-state index contributed by atoms with van der Waals surface area (Å²) < 4.78 is 0. The minimum absolute atomic E-state index is 0.497. The summed E-state index contributed by atoms with van der Waals surface area (Å²) in [5.74, 6) is 0. The van der Waals surface area contributed by atoms with E-state index in [0.29, 0.717) is 22.3 Å². The number of nitrogens with zero attached hydrogens (tertiary/aromatic N) is 4. The molecule has 0 spiro atoms. The number of isocyanates is 4. The molecule has 4 aromatic carbocycles. The summed E-state index contributed by atoms with van der Waals surface area (Å²) in [4.78, 5) is 61.2. The highest BCUT2D eigenvalue weighted by Gasteiger charge is 2.36. The molecule has 0 amide bonds. The second kappa shape index (κ2) is 12.1. The van der Waals surface area contributed by atoms with Crippen molar-refractivity contribution in [3.05, 3.63) is 143 Å². The van der Waals surface area contributed by atoms with Crippen molar-refractivity contribution in [2.45, 2.75) is 30.6 Å². The fourth-order valence-electron chi connectivity index (χ4n) is 4.91. The number of hydrogen-bond acceptors (Lipinski definition) is 8. The van der Waals surface area contributed by atoms with E-state index in [4.69, 9.17) is 0 Å². The lowest BCUT2D eigenvalue weighted by Gasteiger charge is -2.29. The SMILES string of the molecule is CC(C)(c1ccc(C(N=C=O)(N=C=O)c2ccccc2)cc1)c1ccc(C(N=C=O)(N=C=O)c2ccccc2)cc1. The molecule has 0 N–H and O–H groups in total. The van der Waals surface area contributed by atoms with Crippen LogP contribution in [0.5, 0.6) is 0 Å². The molecular weight excluding hydrogens is 516 g/mol. The van der Waals surface area contributed by atoms with Crippen LogP contribution < -0.4 is 0 Å². The smallest absolute Gasteiger partial charge is 0.211 e. The molecule has 0 heterocycles. The van der Waals surface area contributed by atoms with E-state index in [1.54, 1.807) is 109 Å².